The van der Waals surface area contributed by atoms with Gasteiger partial charge >= 0.3 is 0 Å². The van der Waals surface area contributed by atoms with Crippen molar-refractivity contribution in [1.29, 1.82) is 0 Å². The fraction of sp³-hybridized carbons (Fsp3) is 0.562. The summed E-state index contributed by atoms with van der Waals surface area (Å²) in [6.45, 7) is 3.24. The van der Waals surface area contributed by atoms with Gasteiger partial charge in [0.15, 0.2) is 0 Å². The van der Waals surface area contributed by atoms with Gasteiger partial charge in [0.2, 0.25) is 5.91 Å². The van der Waals surface area contributed by atoms with Crippen LogP contribution in [0.5, 0.6) is 0 Å². The molecule has 0 aromatic heterocycles. The average Bonchev–Trinajstić information content (AvgIpc) is 2.41. The van der Waals surface area contributed by atoms with E-state index in [9.17, 15) is 4.79 Å². The lowest BCUT2D eigenvalue weighted by atomic mass is 9.90. The Kier molecular flexibility index (Phi) is 5.01. The molecular formula is C16H25N3O. The van der Waals surface area contributed by atoms with Crippen LogP contribution in [0.1, 0.15) is 26.2 Å². The number of rotatable bonds is 4. The molecule has 1 amide bonds. The van der Waals surface area contributed by atoms with Gasteiger partial charge in [-0.05, 0) is 37.4 Å². The predicted octanol–water partition coefficient (Wildman–Crippen LogP) is 2.47. The van der Waals surface area contributed by atoms with Crippen molar-refractivity contribution >= 4 is 17.3 Å². The lowest BCUT2D eigenvalue weighted by molar-refractivity contribution is -0.117. The van der Waals surface area contributed by atoms with Crippen molar-refractivity contribution in [3.05, 3.63) is 24.3 Å². The molecule has 1 aliphatic rings. The van der Waals surface area contributed by atoms with Crippen molar-refractivity contribution in [1.82, 2.24) is 5.32 Å². The highest BCUT2D eigenvalue weighted by Gasteiger charge is 2.23. The smallest absolute Gasteiger partial charge is 0.226 e. The molecule has 0 bridgehead atoms. The molecule has 0 saturated carbocycles. The number of carbonyl (C=O) groups is 1. The van der Waals surface area contributed by atoms with Crippen LogP contribution < -0.4 is 15.5 Å². The first-order valence-electron chi connectivity index (χ1n) is 7.37. The highest BCUT2D eigenvalue weighted by molar-refractivity contribution is 5.94. The first-order valence-corrected chi connectivity index (χ1v) is 7.37. The molecule has 4 nitrogen and oxygen atoms in total. The van der Waals surface area contributed by atoms with Crippen molar-refractivity contribution in [2.24, 2.45) is 5.92 Å². The van der Waals surface area contributed by atoms with Gasteiger partial charge in [-0.2, -0.15) is 0 Å². The first kappa shape index (κ1) is 14.9. The Morgan fingerprint density at radius 3 is 2.85 bits per heavy atom. The van der Waals surface area contributed by atoms with Crippen molar-refractivity contribution in [2.45, 2.75) is 32.2 Å². The van der Waals surface area contributed by atoms with Crippen molar-refractivity contribution in [2.75, 3.05) is 30.9 Å². The van der Waals surface area contributed by atoms with Gasteiger partial charge in [0.05, 0.1) is 11.4 Å². The van der Waals surface area contributed by atoms with Crippen LogP contribution in [0.15, 0.2) is 24.3 Å². The number of piperidine rings is 1. The highest BCUT2D eigenvalue weighted by atomic mass is 16.1. The minimum absolute atomic E-state index is 0.0885. The zero-order valence-corrected chi connectivity index (χ0v) is 12.6. The number of nitrogens with zero attached hydrogens (tertiary/aromatic N) is 1. The number of carbonyl (C=O) groups excluding carboxylic acids is 1. The molecule has 1 aromatic carbocycles. The summed E-state index contributed by atoms with van der Waals surface area (Å²) in [6.07, 6.45) is 2.96. The van der Waals surface area contributed by atoms with Crippen LogP contribution >= 0.6 is 0 Å². The predicted molar refractivity (Wildman–Crippen MR) is 84.2 cm³/mol. The average molecular weight is 275 g/mol. The van der Waals surface area contributed by atoms with Crippen LogP contribution in [-0.4, -0.2) is 32.6 Å². The Hall–Kier alpha value is -1.55. The second-order valence-corrected chi connectivity index (χ2v) is 5.84. The molecule has 1 aliphatic heterocycles. The third kappa shape index (κ3) is 3.73. The molecule has 4 heteroatoms. The van der Waals surface area contributed by atoms with E-state index in [2.05, 4.69) is 17.6 Å². The van der Waals surface area contributed by atoms with Gasteiger partial charge in [0, 0.05) is 26.6 Å². The van der Waals surface area contributed by atoms with Crippen LogP contribution in [0, 0.1) is 5.92 Å². The van der Waals surface area contributed by atoms with Crippen LogP contribution in [0.2, 0.25) is 0 Å². The van der Waals surface area contributed by atoms with Gasteiger partial charge in [-0.3, -0.25) is 4.79 Å². The van der Waals surface area contributed by atoms with E-state index in [1.54, 1.807) is 0 Å². The monoisotopic (exact) mass is 275 g/mol. The van der Waals surface area contributed by atoms with Gasteiger partial charge < -0.3 is 15.5 Å². The van der Waals surface area contributed by atoms with E-state index >= 15 is 0 Å². The molecule has 20 heavy (non-hydrogen) atoms. The quantitative estimate of drug-likeness (QED) is 0.887. The zero-order valence-electron chi connectivity index (χ0n) is 12.6. The third-order valence-corrected chi connectivity index (χ3v) is 3.99. The molecule has 2 atom stereocenters. The second kappa shape index (κ2) is 6.75. The minimum Gasteiger partial charge on any atom is -0.376 e. The van der Waals surface area contributed by atoms with E-state index in [0.29, 0.717) is 18.4 Å². The molecule has 1 aromatic rings. The topological polar surface area (TPSA) is 44.4 Å². The Labute approximate surface area is 121 Å². The number of para-hydroxylation sites is 2. The minimum atomic E-state index is 0.0885. The summed E-state index contributed by atoms with van der Waals surface area (Å²) in [7, 11) is 3.96. The molecule has 0 radical (unpaired) electrons. The van der Waals surface area contributed by atoms with Gasteiger partial charge in [0.1, 0.15) is 0 Å². The summed E-state index contributed by atoms with van der Waals surface area (Å²) in [6, 6.07) is 8.19. The fourth-order valence-corrected chi connectivity index (χ4v) is 2.76. The Morgan fingerprint density at radius 1 is 1.40 bits per heavy atom. The number of nitrogens with one attached hydrogen (secondary N) is 2. The molecule has 1 heterocycles. The summed E-state index contributed by atoms with van der Waals surface area (Å²) in [5, 5.41) is 6.49. The van der Waals surface area contributed by atoms with E-state index < -0.39 is 0 Å². The number of amides is 1. The molecule has 1 saturated heterocycles. The maximum absolute atomic E-state index is 12.2. The second-order valence-electron chi connectivity index (χ2n) is 5.84. The summed E-state index contributed by atoms with van der Waals surface area (Å²) in [5.74, 6) is 0.657. The normalized spacial score (nSPS) is 22.4. The van der Waals surface area contributed by atoms with E-state index in [1.165, 1.54) is 12.8 Å². The lowest BCUT2D eigenvalue weighted by Gasteiger charge is -2.29. The van der Waals surface area contributed by atoms with Gasteiger partial charge in [-0.25, -0.2) is 0 Å². The van der Waals surface area contributed by atoms with Crippen LogP contribution in [0.25, 0.3) is 0 Å². The molecule has 0 spiro atoms. The summed E-state index contributed by atoms with van der Waals surface area (Å²) in [4.78, 5) is 14.2. The van der Waals surface area contributed by atoms with Crippen LogP contribution in [-0.2, 0) is 4.79 Å². The van der Waals surface area contributed by atoms with E-state index in [0.717, 1.165) is 17.9 Å². The van der Waals surface area contributed by atoms with Gasteiger partial charge in [-0.15, -0.1) is 0 Å². The maximum atomic E-state index is 12.2. The van der Waals surface area contributed by atoms with Crippen molar-refractivity contribution in [3.8, 4) is 0 Å². The molecule has 2 unspecified atom stereocenters. The molecular weight excluding hydrogens is 250 g/mol. The molecule has 1 fully saturated rings. The highest BCUT2D eigenvalue weighted by Crippen LogP contribution is 2.24. The van der Waals surface area contributed by atoms with Crippen LogP contribution in [0.4, 0.5) is 11.4 Å². The van der Waals surface area contributed by atoms with Gasteiger partial charge in [0.25, 0.3) is 0 Å². The van der Waals surface area contributed by atoms with E-state index in [1.807, 2.05) is 43.3 Å². The van der Waals surface area contributed by atoms with E-state index in [4.69, 9.17) is 0 Å². The van der Waals surface area contributed by atoms with Crippen molar-refractivity contribution < 1.29 is 4.79 Å². The molecule has 2 rings (SSSR count). The summed E-state index contributed by atoms with van der Waals surface area (Å²) < 4.78 is 0. The first-order chi connectivity index (χ1) is 9.58. The van der Waals surface area contributed by atoms with Crippen molar-refractivity contribution in [3.63, 3.8) is 0 Å². The summed E-state index contributed by atoms with van der Waals surface area (Å²) in [5.41, 5.74) is 1.91. The Bertz CT molecular complexity index is 459. The summed E-state index contributed by atoms with van der Waals surface area (Å²) >= 11 is 0. The van der Waals surface area contributed by atoms with E-state index in [-0.39, 0.29) is 5.91 Å². The number of benzene rings is 1. The largest absolute Gasteiger partial charge is 0.376 e. The standard InChI is InChI=1S/C16H25N3O/c1-12-7-6-10-17-14(12)11-16(20)18-13-8-4-5-9-15(13)19(2)3/h4-5,8-9,12,14,17H,6-7,10-11H2,1-3H3,(H,18,20). The SMILES string of the molecule is CC1CCCNC1CC(=O)Nc1ccccc1N(C)C. The molecule has 110 valence electrons. The van der Waals surface area contributed by atoms with Crippen LogP contribution in [0.3, 0.4) is 0 Å². The zero-order chi connectivity index (χ0) is 14.5. The maximum Gasteiger partial charge on any atom is 0.226 e. The fourth-order valence-electron chi connectivity index (χ4n) is 2.76. The third-order valence-electron chi connectivity index (χ3n) is 3.99. The Morgan fingerprint density at radius 2 is 2.15 bits per heavy atom. The number of hydrogen-bond donors (Lipinski definition) is 2. The molecule has 0 aliphatic carbocycles. The number of anilines is 2. The van der Waals surface area contributed by atoms with Gasteiger partial charge in [-0.1, -0.05) is 19.1 Å². The Balaban J connectivity index is 1.97. The lowest BCUT2D eigenvalue weighted by Crippen LogP contribution is -2.42. The molecule has 2 N–H and O–H groups in total. The number of hydrogen-bond acceptors (Lipinski definition) is 3.